The largest absolute Gasteiger partial charge is 0.321 e. The molecule has 1 fully saturated rings. The Hall–Kier alpha value is -0.900. The molecule has 1 aromatic rings. The van der Waals surface area contributed by atoms with Crippen LogP contribution in [0.4, 0.5) is 0 Å². The zero-order valence-electron chi connectivity index (χ0n) is 12.5. The quantitative estimate of drug-likeness (QED) is 0.898. The minimum absolute atomic E-state index is 0.263. The minimum atomic E-state index is -0.263. The van der Waals surface area contributed by atoms with Gasteiger partial charge in [0.1, 0.15) is 0 Å². The van der Waals surface area contributed by atoms with E-state index in [0.29, 0.717) is 6.04 Å². The maximum atomic E-state index is 6.51. The molecule has 0 bridgehead atoms. The Labute approximate surface area is 117 Å². The lowest BCUT2D eigenvalue weighted by molar-refractivity contribution is 0.0932. The summed E-state index contributed by atoms with van der Waals surface area (Å²) in [6.07, 6.45) is 0. The highest BCUT2D eigenvalue weighted by atomic mass is 15.3. The fraction of sp³-hybridized carbons (Fsp3) is 0.625. The minimum Gasteiger partial charge on any atom is -0.321 e. The van der Waals surface area contributed by atoms with Gasteiger partial charge < -0.3 is 5.73 Å². The molecule has 0 aromatic heterocycles. The van der Waals surface area contributed by atoms with Crippen molar-refractivity contribution in [3.8, 4) is 0 Å². The lowest BCUT2D eigenvalue weighted by Gasteiger charge is -2.40. The first-order valence-corrected chi connectivity index (χ1v) is 7.30. The lowest BCUT2D eigenvalue weighted by Crippen LogP contribution is -2.54. The number of piperazine rings is 1. The summed E-state index contributed by atoms with van der Waals surface area (Å²) in [6, 6.07) is 11.1. The molecule has 0 aliphatic carbocycles. The Morgan fingerprint density at radius 2 is 1.68 bits per heavy atom. The van der Waals surface area contributed by atoms with E-state index in [1.165, 1.54) is 5.56 Å². The van der Waals surface area contributed by atoms with Gasteiger partial charge >= 0.3 is 0 Å². The number of rotatable bonds is 4. The molecule has 3 heteroatoms. The number of hydrogen-bond donors (Lipinski definition) is 1. The third-order valence-corrected chi connectivity index (χ3v) is 4.12. The van der Waals surface area contributed by atoms with E-state index in [2.05, 4.69) is 54.8 Å². The molecule has 1 heterocycles. The van der Waals surface area contributed by atoms with Crippen molar-refractivity contribution in [3.63, 3.8) is 0 Å². The van der Waals surface area contributed by atoms with Gasteiger partial charge in [0.15, 0.2) is 0 Å². The van der Waals surface area contributed by atoms with Crippen LogP contribution >= 0.6 is 0 Å². The van der Waals surface area contributed by atoms with Gasteiger partial charge in [-0.05, 0) is 26.3 Å². The maximum absolute atomic E-state index is 6.51. The van der Waals surface area contributed by atoms with Crippen LogP contribution in [0.15, 0.2) is 30.3 Å². The van der Waals surface area contributed by atoms with Gasteiger partial charge in [-0.15, -0.1) is 0 Å². The zero-order chi connectivity index (χ0) is 13.9. The molecule has 106 valence electrons. The molecular formula is C16H27N3. The van der Waals surface area contributed by atoms with Crippen molar-refractivity contribution in [2.75, 3.05) is 32.7 Å². The van der Waals surface area contributed by atoms with Crippen LogP contribution in [-0.2, 0) is 5.54 Å². The molecule has 19 heavy (non-hydrogen) atoms. The molecule has 1 aliphatic heterocycles. The summed E-state index contributed by atoms with van der Waals surface area (Å²) in [6.45, 7) is 12.2. The summed E-state index contributed by atoms with van der Waals surface area (Å²) < 4.78 is 0. The first-order valence-electron chi connectivity index (χ1n) is 7.30. The average Bonchev–Trinajstić information content (AvgIpc) is 2.40. The Kier molecular flexibility index (Phi) is 4.61. The third kappa shape index (κ3) is 3.78. The monoisotopic (exact) mass is 261 g/mol. The van der Waals surface area contributed by atoms with Crippen molar-refractivity contribution >= 4 is 0 Å². The predicted octanol–water partition coefficient (Wildman–Crippen LogP) is 1.89. The van der Waals surface area contributed by atoms with Gasteiger partial charge in [0.2, 0.25) is 0 Å². The SMILES string of the molecule is CC(C)N1CCN(CC(C)(N)c2ccccc2)CC1. The molecule has 0 saturated carbocycles. The number of benzene rings is 1. The highest BCUT2D eigenvalue weighted by Crippen LogP contribution is 2.19. The van der Waals surface area contributed by atoms with E-state index in [9.17, 15) is 0 Å². The Morgan fingerprint density at radius 1 is 1.11 bits per heavy atom. The molecule has 2 N–H and O–H groups in total. The molecule has 0 amide bonds. The molecule has 3 nitrogen and oxygen atoms in total. The molecule has 1 aromatic carbocycles. The molecule has 0 spiro atoms. The van der Waals surface area contributed by atoms with Crippen molar-refractivity contribution in [2.45, 2.75) is 32.4 Å². The lowest BCUT2D eigenvalue weighted by atomic mass is 9.92. The highest BCUT2D eigenvalue weighted by Gasteiger charge is 2.27. The van der Waals surface area contributed by atoms with Crippen molar-refractivity contribution < 1.29 is 0 Å². The van der Waals surface area contributed by atoms with Gasteiger partial charge in [-0.3, -0.25) is 9.80 Å². The first kappa shape index (κ1) is 14.5. The molecule has 1 aliphatic rings. The molecule has 0 radical (unpaired) electrons. The zero-order valence-corrected chi connectivity index (χ0v) is 12.5. The molecule has 1 unspecified atom stereocenters. The Morgan fingerprint density at radius 3 is 2.21 bits per heavy atom. The van der Waals surface area contributed by atoms with E-state index in [1.54, 1.807) is 0 Å². The summed E-state index contributed by atoms with van der Waals surface area (Å²) in [5, 5.41) is 0. The Bertz CT molecular complexity index is 378. The summed E-state index contributed by atoms with van der Waals surface area (Å²) in [7, 11) is 0. The third-order valence-electron chi connectivity index (χ3n) is 4.12. The van der Waals surface area contributed by atoms with Crippen LogP contribution in [0.3, 0.4) is 0 Å². The van der Waals surface area contributed by atoms with Gasteiger partial charge in [0.05, 0.1) is 5.54 Å². The van der Waals surface area contributed by atoms with E-state index in [-0.39, 0.29) is 5.54 Å². The van der Waals surface area contributed by atoms with E-state index < -0.39 is 0 Å². The number of nitrogens with zero attached hydrogens (tertiary/aromatic N) is 2. The van der Waals surface area contributed by atoms with Gasteiger partial charge in [0, 0.05) is 38.8 Å². The van der Waals surface area contributed by atoms with E-state index in [0.717, 1.165) is 32.7 Å². The van der Waals surface area contributed by atoms with Crippen molar-refractivity contribution in [3.05, 3.63) is 35.9 Å². The van der Waals surface area contributed by atoms with Gasteiger partial charge in [0.25, 0.3) is 0 Å². The highest BCUT2D eigenvalue weighted by molar-refractivity contribution is 5.23. The van der Waals surface area contributed by atoms with Crippen LogP contribution in [0.1, 0.15) is 26.3 Å². The number of nitrogens with two attached hydrogens (primary N) is 1. The van der Waals surface area contributed by atoms with Crippen molar-refractivity contribution in [2.24, 2.45) is 5.73 Å². The van der Waals surface area contributed by atoms with Crippen LogP contribution in [0, 0.1) is 0 Å². The fourth-order valence-electron chi connectivity index (χ4n) is 2.81. The Balaban J connectivity index is 1.92. The van der Waals surface area contributed by atoms with Crippen LogP contribution in [0.2, 0.25) is 0 Å². The topological polar surface area (TPSA) is 32.5 Å². The molecule has 2 rings (SSSR count). The first-order chi connectivity index (χ1) is 8.99. The van der Waals surface area contributed by atoms with E-state index >= 15 is 0 Å². The molecule has 1 saturated heterocycles. The normalized spacial score (nSPS) is 21.5. The number of hydrogen-bond acceptors (Lipinski definition) is 3. The molecule has 1 atom stereocenters. The van der Waals surface area contributed by atoms with Gasteiger partial charge in [-0.1, -0.05) is 30.3 Å². The molecular weight excluding hydrogens is 234 g/mol. The second kappa shape index (κ2) is 6.04. The summed E-state index contributed by atoms with van der Waals surface area (Å²) in [5.74, 6) is 0. The van der Waals surface area contributed by atoms with E-state index in [4.69, 9.17) is 5.73 Å². The smallest absolute Gasteiger partial charge is 0.0509 e. The van der Waals surface area contributed by atoms with Crippen LogP contribution in [0.5, 0.6) is 0 Å². The van der Waals surface area contributed by atoms with Crippen LogP contribution in [0.25, 0.3) is 0 Å². The fourth-order valence-corrected chi connectivity index (χ4v) is 2.81. The standard InChI is InChI=1S/C16H27N3/c1-14(2)19-11-9-18(10-12-19)13-16(3,17)15-7-5-4-6-8-15/h4-8,14H,9-13,17H2,1-3H3. The second-order valence-electron chi connectivity index (χ2n) is 6.19. The van der Waals surface area contributed by atoms with E-state index in [1.807, 2.05) is 6.07 Å². The summed E-state index contributed by atoms with van der Waals surface area (Å²) in [5.41, 5.74) is 7.47. The van der Waals surface area contributed by atoms with Crippen LogP contribution in [-0.4, -0.2) is 48.6 Å². The van der Waals surface area contributed by atoms with Crippen LogP contribution < -0.4 is 5.73 Å². The summed E-state index contributed by atoms with van der Waals surface area (Å²) >= 11 is 0. The summed E-state index contributed by atoms with van der Waals surface area (Å²) in [4.78, 5) is 5.03. The second-order valence-corrected chi connectivity index (χ2v) is 6.19. The predicted molar refractivity (Wildman–Crippen MR) is 81.1 cm³/mol. The average molecular weight is 261 g/mol. The van der Waals surface area contributed by atoms with Gasteiger partial charge in [-0.2, -0.15) is 0 Å². The van der Waals surface area contributed by atoms with Crippen molar-refractivity contribution in [1.29, 1.82) is 0 Å². The van der Waals surface area contributed by atoms with Gasteiger partial charge in [-0.25, -0.2) is 0 Å². The van der Waals surface area contributed by atoms with Crippen molar-refractivity contribution in [1.82, 2.24) is 9.80 Å². The maximum Gasteiger partial charge on any atom is 0.0509 e.